The number of halogens is 1. The first kappa shape index (κ1) is 24.4. The maximum atomic E-state index is 6.45. The van der Waals surface area contributed by atoms with Gasteiger partial charge in [-0.25, -0.2) is 4.68 Å². The minimum Gasteiger partial charge on any atom is -0.416 e. The molecule has 0 aliphatic carbocycles. The Labute approximate surface area is 227 Å². The number of hydrogen-bond donors (Lipinski definition) is 1. The van der Waals surface area contributed by atoms with Crippen molar-refractivity contribution in [3.63, 3.8) is 0 Å². The lowest BCUT2D eigenvalue weighted by molar-refractivity contribution is -0.0696. The van der Waals surface area contributed by atoms with E-state index in [4.69, 9.17) is 9.15 Å². The van der Waals surface area contributed by atoms with Crippen molar-refractivity contribution >= 4 is 38.6 Å². The van der Waals surface area contributed by atoms with Crippen LogP contribution in [0.2, 0.25) is 0 Å². The van der Waals surface area contributed by atoms with E-state index in [2.05, 4.69) is 73.5 Å². The number of para-hydroxylation sites is 1. The quantitative estimate of drug-likeness (QED) is 0.220. The molecule has 0 amide bonds. The van der Waals surface area contributed by atoms with E-state index in [0.29, 0.717) is 29.9 Å². The third kappa shape index (κ3) is 4.62. The van der Waals surface area contributed by atoms with E-state index in [9.17, 15) is 0 Å². The van der Waals surface area contributed by atoms with E-state index >= 15 is 0 Å². The maximum Gasteiger partial charge on any atom is 0.276 e. The predicted octanol–water partition coefficient (Wildman–Crippen LogP) is 6.17. The van der Waals surface area contributed by atoms with Crippen LogP contribution in [0, 0.1) is 0 Å². The van der Waals surface area contributed by atoms with Crippen LogP contribution in [0.4, 0.5) is 0 Å². The first-order valence-corrected chi connectivity index (χ1v) is 14.3. The molecule has 10 heteroatoms. The Morgan fingerprint density at radius 1 is 1.11 bits per heavy atom. The van der Waals surface area contributed by atoms with Crippen LogP contribution in [-0.4, -0.2) is 36.8 Å². The Morgan fingerprint density at radius 2 is 1.97 bits per heavy atom. The molecule has 1 aliphatic heterocycles. The lowest BCUT2D eigenvalue weighted by Crippen LogP contribution is -2.37. The van der Waals surface area contributed by atoms with Crippen LogP contribution in [-0.2, 0) is 35.4 Å². The van der Waals surface area contributed by atoms with Gasteiger partial charge in [0.05, 0.1) is 36.3 Å². The van der Waals surface area contributed by atoms with Crippen molar-refractivity contribution in [1.29, 1.82) is 0 Å². The van der Waals surface area contributed by atoms with Gasteiger partial charge in [-0.1, -0.05) is 65.0 Å². The van der Waals surface area contributed by atoms with Crippen molar-refractivity contribution in [2.45, 2.75) is 56.1 Å². The number of aromatic amines is 1. The third-order valence-corrected chi connectivity index (χ3v) is 8.41. The second kappa shape index (κ2) is 10.1. The van der Waals surface area contributed by atoms with E-state index < -0.39 is 5.60 Å². The molecule has 0 saturated carbocycles. The molecule has 8 nitrogen and oxygen atoms in total. The number of fused-ring (bicyclic) bond motifs is 3. The third-order valence-electron chi connectivity index (χ3n) is 7.03. The fourth-order valence-electron chi connectivity index (χ4n) is 5.07. The number of ether oxygens (including phenoxy) is 1. The summed E-state index contributed by atoms with van der Waals surface area (Å²) < 4.78 is 15.3. The van der Waals surface area contributed by atoms with Gasteiger partial charge in [-0.15, -0.1) is 15.3 Å². The molecule has 37 heavy (non-hydrogen) atoms. The van der Waals surface area contributed by atoms with Crippen LogP contribution in [0.5, 0.6) is 0 Å². The number of H-pyrrole nitrogens is 1. The molecule has 1 N–H and O–H groups in total. The minimum absolute atomic E-state index is 0.514. The lowest BCUT2D eigenvalue weighted by atomic mass is 9.86. The Kier molecular flexibility index (Phi) is 6.64. The molecule has 190 valence electrons. The average Bonchev–Trinajstić information content (AvgIpc) is 3.67. The van der Waals surface area contributed by atoms with Gasteiger partial charge in [0, 0.05) is 21.1 Å². The van der Waals surface area contributed by atoms with Gasteiger partial charge in [-0.3, -0.25) is 0 Å². The fourth-order valence-corrected chi connectivity index (χ4v) is 6.00. The van der Waals surface area contributed by atoms with Crippen LogP contribution in [0.1, 0.15) is 48.7 Å². The molecule has 0 spiro atoms. The number of nitrogens with zero attached hydrogens (tertiary/aromatic N) is 5. The Bertz CT molecular complexity index is 1540. The number of rotatable bonds is 8. The van der Waals surface area contributed by atoms with E-state index in [-0.39, 0.29) is 0 Å². The summed E-state index contributed by atoms with van der Waals surface area (Å²) in [6, 6.07) is 14.5. The minimum atomic E-state index is -0.514. The summed E-state index contributed by atoms with van der Waals surface area (Å²) in [4.78, 5) is 3.73. The molecular weight excluding hydrogens is 552 g/mol. The molecule has 2 aromatic carbocycles. The van der Waals surface area contributed by atoms with E-state index in [1.165, 1.54) is 33.8 Å². The summed E-state index contributed by atoms with van der Waals surface area (Å²) in [5.41, 5.74) is 6.31. The SMILES string of the molecule is CCc1cccc2c3c([nH]c12)C(CC)(Cc1nnc(SCc2cn(-c4ccc(Br)cc4)nn2)o1)OCC3. The van der Waals surface area contributed by atoms with Gasteiger partial charge in [0.2, 0.25) is 5.89 Å². The van der Waals surface area contributed by atoms with Crippen molar-refractivity contribution in [1.82, 2.24) is 30.2 Å². The molecule has 5 aromatic rings. The fraction of sp³-hybridized carbons (Fsp3) is 0.333. The highest BCUT2D eigenvalue weighted by Crippen LogP contribution is 2.42. The molecule has 0 radical (unpaired) electrons. The van der Waals surface area contributed by atoms with Gasteiger partial charge < -0.3 is 14.1 Å². The molecule has 1 unspecified atom stereocenters. The van der Waals surface area contributed by atoms with Crippen molar-refractivity contribution in [2.24, 2.45) is 0 Å². The summed E-state index contributed by atoms with van der Waals surface area (Å²) in [5, 5.41) is 19.0. The van der Waals surface area contributed by atoms with Gasteiger partial charge in [-0.05, 0) is 54.7 Å². The number of aryl methyl sites for hydroxylation is 1. The summed E-state index contributed by atoms with van der Waals surface area (Å²) in [6.45, 7) is 5.02. The van der Waals surface area contributed by atoms with Crippen LogP contribution >= 0.6 is 27.7 Å². The van der Waals surface area contributed by atoms with Crippen LogP contribution in [0.25, 0.3) is 16.6 Å². The Hall–Kier alpha value is -2.95. The Balaban J connectivity index is 1.19. The number of nitrogens with one attached hydrogen (secondary N) is 1. The van der Waals surface area contributed by atoms with E-state index in [0.717, 1.165) is 40.8 Å². The lowest BCUT2D eigenvalue weighted by Gasteiger charge is -2.35. The topological polar surface area (TPSA) is 94.7 Å². The summed E-state index contributed by atoms with van der Waals surface area (Å²) in [7, 11) is 0. The van der Waals surface area contributed by atoms with Crippen molar-refractivity contribution in [2.75, 3.05) is 6.61 Å². The van der Waals surface area contributed by atoms with Crippen molar-refractivity contribution in [3.8, 4) is 5.69 Å². The van der Waals surface area contributed by atoms with Gasteiger partial charge in [0.25, 0.3) is 5.22 Å². The molecule has 1 atom stereocenters. The molecule has 3 aromatic heterocycles. The molecule has 1 aliphatic rings. The molecule has 6 rings (SSSR count). The largest absolute Gasteiger partial charge is 0.416 e. The summed E-state index contributed by atoms with van der Waals surface area (Å²) in [5.74, 6) is 1.16. The predicted molar refractivity (Wildman–Crippen MR) is 146 cm³/mol. The summed E-state index contributed by atoms with van der Waals surface area (Å²) >= 11 is 4.91. The second-order valence-corrected chi connectivity index (χ2v) is 11.0. The maximum absolute atomic E-state index is 6.45. The van der Waals surface area contributed by atoms with Crippen LogP contribution in [0.3, 0.4) is 0 Å². The van der Waals surface area contributed by atoms with Gasteiger partial charge in [-0.2, -0.15) is 0 Å². The molecule has 0 bridgehead atoms. The number of hydrogen-bond acceptors (Lipinski definition) is 7. The number of thioether (sulfide) groups is 1. The van der Waals surface area contributed by atoms with Gasteiger partial charge >= 0.3 is 0 Å². The summed E-state index contributed by atoms with van der Waals surface area (Å²) in [6.07, 6.45) is 5.13. The van der Waals surface area contributed by atoms with Crippen molar-refractivity contribution < 1.29 is 9.15 Å². The normalized spacial score (nSPS) is 17.4. The van der Waals surface area contributed by atoms with Gasteiger partial charge in [0.1, 0.15) is 5.60 Å². The average molecular weight is 580 g/mol. The Morgan fingerprint density at radius 3 is 2.78 bits per heavy atom. The standard InChI is InChI=1S/C27H27BrN6O2S/c1-3-17-6-5-7-21-22-12-13-35-27(4-2,25(22)29-24(17)21)14-23-31-32-26(36-23)37-16-19-15-34(33-30-19)20-10-8-18(28)9-11-20/h5-11,15,29H,3-4,12-14,16H2,1-2H3. The zero-order valence-corrected chi connectivity index (χ0v) is 23.1. The molecule has 0 fully saturated rings. The zero-order chi connectivity index (χ0) is 25.4. The number of benzene rings is 2. The highest BCUT2D eigenvalue weighted by atomic mass is 79.9. The number of aromatic nitrogens is 6. The van der Waals surface area contributed by atoms with E-state index in [1.807, 2.05) is 30.5 Å². The smallest absolute Gasteiger partial charge is 0.276 e. The van der Waals surface area contributed by atoms with E-state index in [1.54, 1.807) is 4.68 Å². The zero-order valence-electron chi connectivity index (χ0n) is 20.7. The molecular formula is C27H27BrN6O2S. The monoisotopic (exact) mass is 578 g/mol. The van der Waals surface area contributed by atoms with Crippen LogP contribution in [0.15, 0.2) is 62.8 Å². The highest BCUT2D eigenvalue weighted by molar-refractivity contribution is 9.10. The van der Waals surface area contributed by atoms with Crippen LogP contribution < -0.4 is 0 Å². The first-order valence-electron chi connectivity index (χ1n) is 12.5. The molecule has 0 saturated heterocycles. The molecule has 4 heterocycles. The highest BCUT2D eigenvalue weighted by Gasteiger charge is 2.40. The first-order chi connectivity index (χ1) is 18.1. The van der Waals surface area contributed by atoms with Crippen molar-refractivity contribution in [3.05, 3.63) is 81.5 Å². The van der Waals surface area contributed by atoms with Gasteiger partial charge in [0.15, 0.2) is 0 Å². The second-order valence-electron chi connectivity index (χ2n) is 9.18.